The van der Waals surface area contributed by atoms with Gasteiger partial charge in [-0.2, -0.15) is 5.10 Å². The number of carbonyl (C=O) groups excluding carboxylic acids is 2. The number of rotatable bonds is 4. The standard InChI is InChI=1S/C24H30N4O4S/c1-14-8-9-20(26-33(5,31)32)19(11-14)24(30)27-10-6-7-15(2)22(27)21-13-18-12-16(3)17(4)23(29)28(18)25-21/h8-9,11,13,15,22,26H,6-7,10,12H2,1-5H3/t15-,22-/m0/s1. The van der Waals surface area contributed by atoms with Crippen molar-refractivity contribution in [2.24, 2.45) is 5.92 Å². The molecule has 3 heterocycles. The van der Waals surface area contributed by atoms with E-state index in [1.165, 1.54) is 4.68 Å². The molecule has 1 N–H and O–H groups in total. The van der Waals surface area contributed by atoms with Gasteiger partial charge < -0.3 is 4.90 Å². The fraction of sp³-hybridized carbons (Fsp3) is 0.458. The van der Waals surface area contributed by atoms with Gasteiger partial charge in [0.2, 0.25) is 10.0 Å². The zero-order valence-corrected chi connectivity index (χ0v) is 20.5. The molecule has 8 nitrogen and oxygen atoms in total. The first kappa shape index (κ1) is 23.2. The van der Waals surface area contributed by atoms with Crippen molar-refractivity contribution in [3.05, 3.63) is 57.9 Å². The number of aromatic nitrogens is 2. The van der Waals surface area contributed by atoms with Crippen LogP contribution in [-0.4, -0.2) is 47.7 Å². The van der Waals surface area contributed by atoms with E-state index in [1.54, 1.807) is 23.1 Å². The van der Waals surface area contributed by atoms with Crippen LogP contribution in [0.4, 0.5) is 5.69 Å². The van der Waals surface area contributed by atoms with Crippen LogP contribution in [0.3, 0.4) is 0 Å². The number of piperidine rings is 1. The smallest absolute Gasteiger partial charge is 0.274 e. The maximum atomic E-state index is 13.8. The third-order valence-electron chi connectivity index (χ3n) is 6.60. The molecule has 4 rings (SSSR count). The second kappa shape index (κ2) is 8.44. The first-order valence-corrected chi connectivity index (χ1v) is 13.0. The van der Waals surface area contributed by atoms with E-state index in [9.17, 15) is 18.0 Å². The number of sulfonamides is 1. The molecule has 0 unspecified atom stereocenters. The van der Waals surface area contributed by atoms with Crippen LogP contribution in [0.15, 0.2) is 35.4 Å². The molecule has 1 amide bonds. The van der Waals surface area contributed by atoms with E-state index < -0.39 is 10.0 Å². The highest BCUT2D eigenvalue weighted by Crippen LogP contribution is 2.38. The summed E-state index contributed by atoms with van der Waals surface area (Å²) in [6.45, 7) is 8.26. The molecule has 1 saturated heterocycles. The number of carbonyl (C=O) groups is 2. The summed E-state index contributed by atoms with van der Waals surface area (Å²) in [7, 11) is -3.55. The predicted molar refractivity (Wildman–Crippen MR) is 127 cm³/mol. The lowest BCUT2D eigenvalue weighted by molar-refractivity contribution is 0.0505. The molecule has 0 saturated carbocycles. The van der Waals surface area contributed by atoms with Crippen molar-refractivity contribution >= 4 is 27.5 Å². The van der Waals surface area contributed by atoms with Gasteiger partial charge in [0, 0.05) is 18.5 Å². The van der Waals surface area contributed by atoms with Crippen molar-refractivity contribution < 1.29 is 18.0 Å². The van der Waals surface area contributed by atoms with Crippen LogP contribution in [0.2, 0.25) is 0 Å². The number of hydrogen-bond acceptors (Lipinski definition) is 5. The Morgan fingerprint density at radius 3 is 2.61 bits per heavy atom. The highest BCUT2D eigenvalue weighted by atomic mass is 32.2. The predicted octanol–water partition coefficient (Wildman–Crippen LogP) is 3.71. The molecule has 33 heavy (non-hydrogen) atoms. The lowest BCUT2D eigenvalue weighted by Crippen LogP contribution is -2.42. The Kier molecular flexibility index (Phi) is 5.94. The van der Waals surface area contributed by atoms with Gasteiger partial charge in [0.05, 0.1) is 34.9 Å². The van der Waals surface area contributed by atoms with Gasteiger partial charge in [-0.15, -0.1) is 0 Å². The van der Waals surface area contributed by atoms with Crippen LogP contribution < -0.4 is 4.72 Å². The molecule has 176 valence electrons. The Labute approximate surface area is 194 Å². The number of benzene rings is 1. The number of nitrogens with zero attached hydrogens (tertiary/aromatic N) is 3. The number of allylic oxidation sites excluding steroid dienone is 2. The Hall–Kier alpha value is -2.94. The Morgan fingerprint density at radius 2 is 1.91 bits per heavy atom. The molecule has 1 aromatic heterocycles. The summed E-state index contributed by atoms with van der Waals surface area (Å²) in [5.41, 5.74) is 4.70. The van der Waals surface area contributed by atoms with Crippen molar-refractivity contribution in [3.8, 4) is 0 Å². The van der Waals surface area contributed by atoms with E-state index in [4.69, 9.17) is 0 Å². The third kappa shape index (κ3) is 4.46. The zero-order valence-electron chi connectivity index (χ0n) is 19.7. The molecular weight excluding hydrogens is 440 g/mol. The van der Waals surface area contributed by atoms with E-state index in [-0.39, 0.29) is 29.5 Å². The molecule has 2 atom stereocenters. The lowest BCUT2D eigenvalue weighted by atomic mass is 9.87. The second-order valence-corrected chi connectivity index (χ2v) is 11.1. The number of amides is 1. The van der Waals surface area contributed by atoms with Crippen molar-refractivity contribution in [1.29, 1.82) is 0 Å². The molecule has 0 radical (unpaired) electrons. The monoisotopic (exact) mass is 470 g/mol. The summed E-state index contributed by atoms with van der Waals surface area (Å²) in [4.78, 5) is 28.3. The zero-order chi connectivity index (χ0) is 24.1. The summed E-state index contributed by atoms with van der Waals surface area (Å²) in [6, 6.07) is 6.74. The summed E-state index contributed by atoms with van der Waals surface area (Å²) in [5, 5.41) is 4.64. The van der Waals surface area contributed by atoms with Crippen molar-refractivity contribution in [1.82, 2.24) is 14.7 Å². The maximum absolute atomic E-state index is 13.8. The van der Waals surface area contributed by atoms with Crippen LogP contribution >= 0.6 is 0 Å². The number of anilines is 1. The molecule has 0 bridgehead atoms. The SMILES string of the molecule is CC1=C(C)C(=O)n2nc([C@@H]3[C@@H](C)CCCN3C(=O)c3cc(C)ccc3NS(C)(=O)=O)cc2C1. The van der Waals surface area contributed by atoms with Gasteiger partial charge in [-0.3, -0.25) is 14.3 Å². The van der Waals surface area contributed by atoms with E-state index >= 15 is 0 Å². The molecule has 1 aromatic carbocycles. The van der Waals surface area contributed by atoms with Crippen LogP contribution in [-0.2, 0) is 16.4 Å². The number of fused-ring (bicyclic) bond motifs is 1. The molecule has 1 fully saturated rings. The van der Waals surface area contributed by atoms with Crippen LogP contribution in [0, 0.1) is 12.8 Å². The van der Waals surface area contributed by atoms with Crippen LogP contribution in [0.1, 0.15) is 71.8 Å². The average Bonchev–Trinajstić information content (AvgIpc) is 3.15. The van der Waals surface area contributed by atoms with Gasteiger partial charge in [0.15, 0.2) is 0 Å². The molecule has 9 heteroatoms. The fourth-order valence-electron chi connectivity index (χ4n) is 4.78. The van der Waals surface area contributed by atoms with Crippen molar-refractivity contribution in [2.45, 2.75) is 53.0 Å². The van der Waals surface area contributed by atoms with E-state index in [2.05, 4.69) is 16.7 Å². The van der Waals surface area contributed by atoms with Gasteiger partial charge in [0.25, 0.3) is 11.8 Å². The normalized spacial score (nSPS) is 21.2. The molecule has 2 aromatic rings. The molecule has 0 aliphatic carbocycles. The summed E-state index contributed by atoms with van der Waals surface area (Å²) in [6.07, 6.45) is 3.50. The van der Waals surface area contributed by atoms with Crippen molar-refractivity contribution in [2.75, 3.05) is 17.5 Å². The van der Waals surface area contributed by atoms with Crippen LogP contribution in [0.25, 0.3) is 0 Å². The highest BCUT2D eigenvalue weighted by molar-refractivity contribution is 7.92. The summed E-state index contributed by atoms with van der Waals surface area (Å²) in [5.74, 6) is -0.232. The maximum Gasteiger partial charge on any atom is 0.274 e. The lowest BCUT2D eigenvalue weighted by Gasteiger charge is -2.39. The molecule has 2 aliphatic rings. The van der Waals surface area contributed by atoms with E-state index in [1.807, 2.05) is 26.8 Å². The fourth-order valence-corrected chi connectivity index (χ4v) is 5.36. The number of likely N-dealkylation sites (tertiary alicyclic amines) is 1. The van der Waals surface area contributed by atoms with Crippen molar-refractivity contribution in [3.63, 3.8) is 0 Å². The van der Waals surface area contributed by atoms with Gasteiger partial charge in [-0.1, -0.05) is 24.1 Å². The minimum Gasteiger partial charge on any atom is -0.330 e. The largest absolute Gasteiger partial charge is 0.330 e. The number of hydrogen-bond donors (Lipinski definition) is 1. The third-order valence-corrected chi connectivity index (χ3v) is 7.19. The quantitative estimate of drug-likeness (QED) is 0.734. The molecular formula is C24H30N4O4S. The first-order chi connectivity index (χ1) is 15.5. The Balaban J connectivity index is 1.74. The minimum absolute atomic E-state index is 0.125. The molecule has 0 spiro atoms. The Bertz CT molecular complexity index is 1280. The summed E-state index contributed by atoms with van der Waals surface area (Å²) < 4.78 is 27.7. The topological polar surface area (TPSA) is 101 Å². The Morgan fingerprint density at radius 1 is 1.18 bits per heavy atom. The highest BCUT2D eigenvalue weighted by Gasteiger charge is 2.37. The minimum atomic E-state index is -3.55. The number of nitrogens with one attached hydrogen (secondary N) is 1. The van der Waals surface area contributed by atoms with Gasteiger partial charge >= 0.3 is 0 Å². The average molecular weight is 471 g/mol. The number of aryl methyl sites for hydroxylation is 1. The van der Waals surface area contributed by atoms with Crippen LogP contribution in [0.5, 0.6) is 0 Å². The van der Waals surface area contributed by atoms with Gasteiger partial charge in [-0.25, -0.2) is 13.1 Å². The van der Waals surface area contributed by atoms with Gasteiger partial charge in [0.1, 0.15) is 0 Å². The first-order valence-electron chi connectivity index (χ1n) is 11.2. The summed E-state index contributed by atoms with van der Waals surface area (Å²) >= 11 is 0. The molecule has 2 aliphatic heterocycles. The van der Waals surface area contributed by atoms with E-state index in [0.29, 0.717) is 29.8 Å². The van der Waals surface area contributed by atoms with E-state index in [0.717, 1.165) is 35.9 Å². The second-order valence-electron chi connectivity index (χ2n) is 9.35. The van der Waals surface area contributed by atoms with Gasteiger partial charge in [-0.05, 0) is 57.7 Å².